The van der Waals surface area contributed by atoms with Gasteiger partial charge in [-0.2, -0.15) is 0 Å². The molecule has 0 aliphatic rings. The Hall–Kier alpha value is -1.11. The van der Waals surface area contributed by atoms with E-state index in [1.807, 2.05) is 6.92 Å². The second-order valence-electron chi connectivity index (χ2n) is 5.55. The summed E-state index contributed by atoms with van der Waals surface area (Å²) in [6.45, 7) is 10.9. The van der Waals surface area contributed by atoms with Gasteiger partial charge in [-0.1, -0.05) is 52.8 Å². The largest absolute Gasteiger partial charge is 0.303 e. The van der Waals surface area contributed by atoms with Crippen LogP contribution < -0.4 is 0 Å². The fourth-order valence-electron chi connectivity index (χ4n) is 2.41. The maximum atomic E-state index is 10.8. The van der Waals surface area contributed by atoms with Crippen molar-refractivity contribution in [2.45, 2.75) is 52.9 Å². The van der Waals surface area contributed by atoms with Crippen molar-refractivity contribution in [2.24, 2.45) is 5.92 Å². The summed E-state index contributed by atoms with van der Waals surface area (Å²) in [6, 6.07) is 6.50. The highest BCUT2D eigenvalue weighted by molar-refractivity contribution is 5.54. The van der Waals surface area contributed by atoms with Crippen molar-refractivity contribution >= 4 is 6.29 Å². The molecule has 0 spiro atoms. The van der Waals surface area contributed by atoms with Crippen LogP contribution in [-0.4, -0.2) is 6.29 Å². The van der Waals surface area contributed by atoms with E-state index < -0.39 is 0 Å². The fraction of sp³-hybridized carbons (Fsp3) is 0.562. The molecule has 1 aromatic rings. The SMILES string of the molecule is CC(C=O)Cc1cccc(C(C)C)c1C(C)C. The minimum atomic E-state index is 0.106. The molecule has 0 bridgehead atoms. The minimum absolute atomic E-state index is 0.106. The van der Waals surface area contributed by atoms with E-state index in [-0.39, 0.29) is 5.92 Å². The average Bonchev–Trinajstić information content (AvgIpc) is 2.28. The summed E-state index contributed by atoms with van der Waals surface area (Å²) in [5.74, 6) is 1.16. The second-order valence-corrected chi connectivity index (χ2v) is 5.55. The van der Waals surface area contributed by atoms with E-state index >= 15 is 0 Å². The molecule has 17 heavy (non-hydrogen) atoms. The normalized spacial score (nSPS) is 13.1. The molecular formula is C16H24O. The topological polar surface area (TPSA) is 17.1 Å². The Labute approximate surface area is 105 Å². The first-order valence-corrected chi connectivity index (χ1v) is 6.54. The molecule has 0 aliphatic heterocycles. The molecule has 0 saturated heterocycles. The molecule has 0 radical (unpaired) electrons. The van der Waals surface area contributed by atoms with Crippen molar-refractivity contribution in [3.63, 3.8) is 0 Å². The molecule has 0 heterocycles. The summed E-state index contributed by atoms with van der Waals surface area (Å²) < 4.78 is 0. The van der Waals surface area contributed by atoms with Crippen LogP contribution in [0.5, 0.6) is 0 Å². The van der Waals surface area contributed by atoms with E-state index in [9.17, 15) is 4.79 Å². The van der Waals surface area contributed by atoms with Crippen molar-refractivity contribution in [3.8, 4) is 0 Å². The fourth-order valence-corrected chi connectivity index (χ4v) is 2.41. The molecule has 0 fully saturated rings. The van der Waals surface area contributed by atoms with Gasteiger partial charge in [-0.05, 0) is 34.9 Å². The third-order valence-electron chi connectivity index (χ3n) is 3.20. The zero-order valence-electron chi connectivity index (χ0n) is 11.7. The Morgan fingerprint density at radius 1 is 1.06 bits per heavy atom. The number of carbonyl (C=O) groups excluding carboxylic acids is 1. The van der Waals surface area contributed by atoms with Gasteiger partial charge in [-0.25, -0.2) is 0 Å². The molecule has 1 nitrogen and oxygen atoms in total. The quantitative estimate of drug-likeness (QED) is 0.691. The van der Waals surface area contributed by atoms with E-state index in [1.165, 1.54) is 16.7 Å². The van der Waals surface area contributed by atoms with E-state index in [0.29, 0.717) is 11.8 Å². The second kappa shape index (κ2) is 6.00. The lowest BCUT2D eigenvalue weighted by Gasteiger charge is -2.21. The van der Waals surface area contributed by atoms with E-state index in [1.54, 1.807) is 0 Å². The number of carbonyl (C=O) groups is 1. The van der Waals surface area contributed by atoms with Crippen LogP contribution >= 0.6 is 0 Å². The molecule has 1 atom stereocenters. The van der Waals surface area contributed by atoms with Crippen LogP contribution in [0.2, 0.25) is 0 Å². The lowest BCUT2D eigenvalue weighted by Crippen LogP contribution is -2.08. The zero-order chi connectivity index (χ0) is 13.0. The molecule has 1 heteroatoms. The molecule has 94 valence electrons. The molecule has 0 aliphatic carbocycles. The van der Waals surface area contributed by atoms with Crippen LogP contribution in [0.4, 0.5) is 0 Å². The predicted octanol–water partition coefficient (Wildman–Crippen LogP) is 4.31. The first kappa shape index (κ1) is 14.0. The van der Waals surface area contributed by atoms with Gasteiger partial charge in [0.1, 0.15) is 6.29 Å². The van der Waals surface area contributed by atoms with Gasteiger partial charge in [0, 0.05) is 5.92 Å². The van der Waals surface area contributed by atoms with Gasteiger partial charge in [0.25, 0.3) is 0 Å². The van der Waals surface area contributed by atoms with Gasteiger partial charge in [0.15, 0.2) is 0 Å². The van der Waals surface area contributed by atoms with Crippen LogP contribution in [0.15, 0.2) is 18.2 Å². The molecule has 0 saturated carbocycles. The van der Waals surface area contributed by atoms with Crippen LogP contribution in [-0.2, 0) is 11.2 Å². The number of rotatable bonds is 5. The van der Waals surface area contributed by atoms with Crippen LogP contribution in [0, 0.1) is 5.92 Å². The highest BCUT2D eigenvalue weighted by Gasteiger charge is 2.15. The zero-order valence-corrected chi connectivity index (χ0v) is 11.7. The predicted molar refractivity (Wildman–Crippen MR) is 73.6 cm³/mol. The molecular weight excluding hydrogens is 208 g/mol. The Morgan fingerprint density at radius 2 is 1.71 bits per heavy atom. The van der Waals surface area contributed by atoms with E-state index in [2.05, 4.69) is 45.9 Å². The van der Waals surface area contributed by atoms with Gasteiger partial charge in [0.2, 0.25) is 0 Å². The summed E-state index contributed by atoms with van der Waals surface area (Å²) in [5, 5.41) is 0. The molecule has 1 rings (SSSR count). The maximum Gasteiger partial charge on any atom is 0.123 e. The summed E-state index contributed by atoms with van der Waals surface area (Å²) in [7, 11) is 0. The van der Waals surface area contributed by atoms with Crippen molar-refractivity contribution in [1.82, 2.24) is 0 Å². The molecule has 1 aromatic carbocycles. The van der Waals surface area contributed by atoms with Crippen molar-refractivity contribution < 1.29 is 4.79 Å². The number of hydrogen-bond acceptors (Lipinski definition) is 1. The highest BCUT2D eigenvalue weighted by atomic mass is 16.1. The number of aldehydes is 1. The van der Waals surface area contributed by atoms with Crippen molar-refractivity contribution in [2.75, 3.05) is 0 Å². The standard InChI is InChI=1S/C16H24O/c1-11(2)15-8-6-7-14(9-13(5)10-17)16(15)12(3)4/h6-8,10-13H,9H2,1-5H3. The van der Waals surface area contributed by atoms with Gasteiger partial charge in [0.05, 0.1) is 0 Å². The molecule has 0 aromatic heterocycles. The first-order chi connectivity index (χ1) is 7.97. The minimum Gasteiger partial charge on any atom is -0.303 e. The molecule has 0 N–H and O–H groups in total. The van der Waals surface area contributed by atoms with Crippen molar-refractivity contribution in [3.05, 3.63) is 34.9 Å². The Balaban J connectivity index is 3.20. The van der Waals surface area contributed by atoms with Crippen LogP contribution in [0.1, 0.15) is 63.1 Å². The van der Waals surface area contributed by atoms with Gasteiger partial charge in [-0.3, -0.25) is 0 Å². The summed E-state index contributed by atoms with van der Waals surface area (Å²) in [5.41, 5.74) is 4.21. The first-order valence-electron chi connectivity index (χ1n) is 6.54. The van der Waals surface area contributed by atoms with E-state index in [0.717, 1.165) is 12.7 Å². The summed E-state index contributed by atoms with van der Waals surface area (Å²) >= 11 is 0. The van der Waals surface area contributed by atoms with E-state index in [4.69, 9.17) is 0 Å². The third kappa shape index (κ3) is 3.42. The summed E-state index contributed by atoms with van der Waals surface area (Å²) in [4.78, 5) is 10.8. The Kier molecular flexibility index (Phi) is 4.92. The monoisotopic (exact) mass is 232 g/mol. The summed E-state index contributed by atoms with van der Waals surface area (Å²) in [6.07, 6.45) is 1.91. The van der Waals surface area contributed by atoms with Gasteiger partial charge < -0.3 is 4.79 Å². The Bertz CT molecular complexity index is 377. The average molecular weight is 232 g/mol. The maximum absolute atomic E-state index is 10.8. The van der Waals surface area contributed by atoms with Gasteiger partial charge in [-0.15, -0.1) is 0 Å². The van der Waals surface area contributed by atoms with Crippen LogP contribution in [0.25, 0.3) is 0 Å². The third-order valence-corrected chi connectivity index (χ3v) is 3.20. The molecule has 1 unspecified atom stereocenters. The number of hydrogen-bond donors (Lipinski definition) is 0. The smallest absolute Gasteiger partial charge is 0.123 e. The van der Waals surface area contributed by atoms with Gasteiger partial charge >= 0.3 is 0 Å². The lowest BCUT2D eigenvalue weighted by molar-refractivity contribution is -0.110. The Morgan fingerprint density at radius 3 is 2.18 bits per heavy atom. The van der Waals surface area contributed by atoms with Crippen molar-refractivity contribution in [1.29, 1.82) is 0 Å². The van der Waals surface area contributed by atoms with Crippen LogP contribution in [0.3, 0.4) is 0 Å². The number of benzene rings is 1. The molecule has 0 amide bonds. The highest BCUT2D eigenvalue weighted by Crippen LogP contribution is 2.30. The lowest BCUT2D eigenvalue weighted by atomic mass is 9.84.